The van der Waals surface area contributed by atoms with Crippen LogP contribution in [0.1, 0.15) is 44.9 Å². The fraction of sp³-hybridized carbons (Fsp3) is 0.889. The lowest BCUT2D eigenvalue weighted by Crippen LogP contribution is -2.53. The maximum Gasteiger partial charge on any atom is 0.255 e. The van der Waals surface area contributed by atoms with Crippen molar-refractivity contribution in [2.75, 3.05) is 26.2 Å². The number of halogens is 2. The van der Waals surface area contributed by atoms with Gasteiger partial charge in [-0.25, -0.2) is 0 Å². The van der Waals surface area contributed by atoms with E-state index in [2.05, 4.69) is 0 Å². The number of nitrogens with zero attached hydrogens (tertiary/aromatic N) is 2. The standard InChI is InChI=1S/C18H26Cl2N2O2/c19-16(20)17(24)22-3-1-21(2-4-22)15(23)11-18-8-12-5-13(9-18)7-14(6-12)10-18/h12-14,16H,1-11H2. The normalized spacial score (nSPS) is 38.0. The molecule has 4 bridgehead atoms. The summed E-state index contributed by atoms with van der Waals surface area (Å²) in [5.41, 5.74) is 0.288. The van der Waals surface area contributed by atoms with Crippen LogP contribution in [0, 0.1) is 23.2 Å². The van der Waals surface area contributed by atoms with E-state index in [-0.39, 0.29) is 17.2 Å². The molecule has 0 N–H and O–H groups in total. The van der Waals surface area contributed by atoms with Crippen molar-refractivity contribution in [1.82, 2.24) is 9.80 Å². The van der Waals surface area contributed by atoms with Crippen LogP contribution in [0.25, 0.3) is 0 Å². The van der Waals surface area contributed by atoms with Crippen molar-refractivity contribution < 1.29 is 9.59 Å². The highest BCUT2D eigenvalue weighted by atomic mass is 35.5. The van der Waals surface area contributed by atoms with Gasteiger partial charge in [-0.3, -0.25) is 9.59 Å². The van der Waals surface area contributed by atoms with E-state index in [1.807, 2.05) is 4.90 Å². The zero-order valence-corrected chi connectivity index (χ0v) is 15.6. The van der Waals surface area contributed by atoms with E-state index >= 15 is 0 Å². The number of carbonyl (C=O) groups excluding carboxylic acids is 2. The van der Waals surface area contributed by atoms with Gasteiger partial charge in [0, 0.05) is 32.6 Å². The Kier molecular flexibility index (Phi) is 4.49. The monoisotopic (exact) mass is 372 g/mol. The second-order valence-electron chi connectivity index (χ2n) is 8.60. The molecule has 5 aliphatic rings. The van der Waals surface area contributed by atoms with Crippen LogP contribution >= 0.6 is 23.2 Å². The fourth-order valence-electron chi connectivity index (χ4n) is 6.25. The SMILES string of the molecule is O=C(CC12CC3CC(CC(C3)C1)C2)N1CCN(C(=O)C(Cl)Cl)CC1. The summed E-state index contributed by atoms with van der Waals surface area (Å²) in [4.78, 5) is 27.3. The van der Waals surface area contributed by atoms with E-state index in [9.17, 15) is 9.59 Å². The van der Waals surface area contributed by atoms with Crippen molar-refractivity contribution in [1.29, 1.82) is 0 Å². The predicted octanol–water partition coefficient (Wildman–Crippen LogP) is 3.07. The third-order valence-corrected chi connectivity index (χ3v) is 7.20. The van der Waals surface area contributed by atoms with Crippen LogP contribution in [0.2, 0.25) is 0 Å². The summed E-state index contributed by atoms with van der Waals surface area (Å²) in [6.45, 7) is 2.30. The molecule has 4 saturated carbocycles. The van der Waals surface area contributed by atoms with E-state index in [1.54, 1.807) is 4.90 Å². The van der Waals surface area contributed by atoms with Crippen molar-refractivity contribution in [3.63, 3.8) is 0 Å². The Hall–Kier alpha value is -0.480. The lowest BCUT2D eigenvalue weighted by atomic mass is 9.49. The Morgan fingerprint density at radius 2 is 1.33 bits per heavy atom. The molecule has 0 atom stereocenters. The largest absolute Gasteiger partial charge is 0.339 e. The first-order valence-corrected chi connectivity index (χ1v) is 10.2. The maximum absolute atomic E-state index is 12.9. The van der Waals surface area contributed by atoms with Crippen LogP contribution < -0.4 is 0 Å². The number of piperazine rings is 1. The quantitative estimate of drug-likeness (QED) is 0.714. The lowest BCUT2D eigenvalue weighted by Gasteiger charge is -2.57. The summed E-state index contributed by atoms with van der Waals surface area (Å²) in [5.74, 6) is 2.68. The fourth-order valence-corrected chi connectivity index (χ4v) is 6.53. The minimum atomic E-state index is -1.00. The Morgan fingerprint density at radius 3 is 1.79 bits per heavy atom. The van der Waals surface area contributed by atoms with Gasteiger partial charge in [-0.2, -0.15) is 0 Å². The first kappa shape index (κ1) is 17.0. The molecule has 6 heteroatoms. The molecule has 0 radical (unpaired) electrons. The minimum absolute atomic E-state index is 0.244. The molecule has 5 fully saturated rings. The summed E-state index contributed by atoms with van der Waals surface area (Å²) in [7, 11) is 0. The van der Waals surface area contributed by atoms with Crippen molar-refractivity contribution in [3.05, 3.63) is 0 Å². The smallest absolute Gasteiger partial charge is 0.255 e. The summed E-state index contributed by atoms with van der Waals surface area (Å²) in [6.07, 6.45) is 8.75. The molecule has 1 aliphatic heterocycles. The van der Waals surface area contributed by atoms with E-state index in [1.165, 1.54) is 38.5 Å². The van der Waals surface area contributed by atoms with E-state index in [0.29, 0.717) is 26.2 Å². The third-order valence-electron chi connectivity index (χ3n) is 6.82. The molecule has 0 aromatic heterocycles. The van der Waals surface area contributed by atoms with E-state index < -0.39 is 4.84 Å². The number of rotatable bonds is 3. The van der Waals surface area contributed by atoms with Gasteiger partial charge < -0.3 is 9.80 Å². The van der Waals surface area contributed by atoms with Gasteiger partial charge in [0.1, 0.15) is 0 Å². The molecule has 0 aromatic rings. The van der Waals surface area contributed by atoms with Crippen LogP contribution in [-0.4, -0.2) is 52.6 Å². The molecule has 4 aliphatic carbocycles. The number of hydrogen-bond acceptors (Lipinski definition) is 2. The Balaban J connectivity index is 1.34. The van der Waals surface area contributed by atoms with Gasteiger partial charge in [-0.05, 0) is 61.7 Å². The second kappa shape index (κ2) is 6.35. The zero-order valence-electron chi connectivity index (χ0n) is 14.1. The number of hydrogen-bond donors (Lipinski definition) is 0. The van der Waals surface area contributed by atoms with Crippen LogP contribution in [0.15, 0.2) is 0 Å². The van der Waals surface area contributed by atoms with Crippen LogP contribution in [0.4, 0.5) is 0 Å². The number of amides is 2. The molecule has 134 valence electrons. The first-order valence-electron chi connectivity index (χ1n) is 9.29. The van der Waals surface area contributed by atoms with Crippen LogP contribution in [0.5, 0.6) is 0 Å². The number of alkyl halides is 2. The molecule has 0 spiro atoms. The van der Waals surface area contributed by atoms with Crippen molar-refractivity contribution >= 4 is 35.0 Å². The predicted molar refractivity (Wildman–Crippen MR) is 93.9 cm³/mol. The summed E-state index contributed by atoms with van der Waals surface area (Å²) < 4.78 is 0. The van der Waals surface area contributed by atoms with E-state index in [0.717, 1.165) is 24.2 Å². The summed E-state index contributed by atoms with van der Waals surface area (Å²) >= 11 is 11.3. The van der Waals surface area contributed by atoms with Gasteiger partial charge in [0.15, 0.2) is 4.84 Å². The molecular weight excluding hydrogens is 347 g/mol. The molecular formula is C18H26Cl2N2O2. The summed E-state index contributed by atoms with van der Waals surface area (Å²) in [5, 5.41) is 0. The van der Waals surface area contributed by atoms with Gasteiger partial charge >= 0.3 is 0 Å². The lowest BCUT2D eigenvalue weighted by molar-refractivity contribution is -0.144. The van der Waals surface area contributed by atoms with Crippen LogP contribution in [-0.2, 0) is 9.59 Å². The third kappa shape index (κ3) is 3.16. The van der Waals surface area contributed by atoms with Gasteiger partial charge in [0.2, 0.25) is 5.91 Å². The molecule has 2 amide bonds. The highest BCUT2D eigenvalue weighted by Crippen LogP contribution is 2.61. The Morgan fingerprint density at radius 1 is 0.875 bits per heavy atom. The van der Waals surface area contributed by atoms with Crippen molar-refractivity contribution in [3.8, 4) is 0 Å². The first-order chi connectivity index (χ1) is 11.4. The molecule has 1 heterocycles. The topological polar surface area (TPSA) is 40.6 Å². The number of carbonyl (C=O) groups is 2. The molecule has 5 rings (SSSR count). The molecule has 24 heavy (non-hydrogen) atoms. The molecule has 1 saturated heterocycles. The maximum atomic E-state index is 12.9. The Labute approximate surface area is 153 Å². The van der Waals surface area contributed by atoms with Gasteiger partial charge in [-0.15, -0.1) is 0 Å². The van der Waals surface area contributed by atoms with E-state index in [4.69, 9.17) is 23.2 Å². The van der Waals surface area contributed by atoms with Crippen molar-refractivity contribution in [2.24, 2.45) is 23.2 Å². The zero-order chi connectivity index (χ0) is 16.9. The molecule has 0 aromatic carbocycles. The molecule has 0 unspecified atom stereocenters. The Bertz CT molecular complexity index is 494. The minimum Gasteiger partial charge on any atom is -0.339 e. The highest BCUT2D eigenvalue weighted by Gasteiger charge is 2.51. The second-order valence-corrected chi connectivity index (χ2v) is 9.70. The average Bonchev–Trinajstić information content (AvgIpc) is 2.52. The average molecular weight is 373 g/mol. The summed E-state index contributed by atoms with van der Waals surface area (Å²) in [6, 6.07) is 0. The molecule has 4 nitrogen and oxygen atoms in total. The van der Waals surface area contributed by atoms with Crippen molar-refractivity contribution in [2.45, 2.75) is 49.8 Å². The van der Waals surface area contributed by atoms with Gasteiger partial charge in [0.05, 0.1) is 0 Å². The van der Waals surface area contributed by atoms with Gasteiger partial charge in [-0.1, -0.05) is 23.2 Å². The highest BCUT2D eigenvalue weighted by molar-refractivity contribution is 6.53. The van der Waals surface area contributed by atoms with Gasteiger partial charge in [0.25, 0.3) is 5.91 Å². The van der Waals surface area contributed by atoms with Crippen LogP contribution in [0.3, 0.4) is 0 Å².